The van der Waals surface area contributed by atoms with Crippen molar-refractivity contribution in [3.05, 3.63) is 29.8 Å². The summed E-state index contributed by atoms with van der Waals surface area (Å²) in [5, 5.41) is 2.27. The van der Waals surface area contributed by atoms with Crippen LogP contribution in [0, 0.1) is 0 Å². The molecule has 0 aliphatic heterocycles. The Bertz CT molecular complexity index is 765. The van der Waals surface area contributed by atoms with Crippen LogP contribution in [0.2, 0.25) is 0 Å². The van der Waals surface area contributed by atoms with Crippen molar-refractivity contribution >= 4 is 27.6 Å². The molecule has 0 spiro atoms. The number of benzene rings is 1. The molecule has 1 rings (SSSR count). The maximum absolute atomic E-state index is 12.0. The largest absolute Gasteiger partial charge is 0.460 e. The smallest absolute Gasteiger partial charge is 0.306 e. The van der Waals surface area contributed by atoms with E-state index < -0.39 is 26.8 Å². The van der Waals surface area contributed by atoms with Crippen LogP contribution in [-0.2, 0) is 24.3 Å². The van der Waals surface area contributed by atoms with E-state index in [1.807, 2.05) is 19.1 Å². The van der Waals surface area contributed by atoms with E-state index in [1.165, 1.54) is 0 Å². The second kappa shape index (κ2) is 10.0. The summed E-state index contributed by atoms with van der Waals surface area (Å²) in [6.45, 7) is 10.8. The Morgan fingerprint density at radius 3 is 2.11 bits per heavy atom. The molecule has 0 bridgehead atoms. The lowest BCUT2D eigenvalue weighted by atomic mass is 10.0. The predicted octanol–water partition coefficient (Wildman–Crippen LogP) is 3.18. The monoisotopic (exact) mass is 412 g/mol. The average Bonchev–Trinajstić information content (AvgIpc) is 2.57. The van der Waals surface area contributed by atoms with Crippen LogP contribution in [0.1, 0.15) is 65.9 Å². The lowest BCUT2D eigenvalue weighted by molar-refractivity contribution is -0.155. The standard InChI is InChI=1S/C20H32N2O5S/c1-14(2)28(25,26)21-13-15(3)16-7-9-17(10-8-16)22-18(23)11-12-19(24)27-20(4,5)6/h7-10,14-15,21H,11-13H2,1-6H3,(H,22,23). The Labute approximate surface area is 168 Å². The van der Waals surface area contributed by atoms with Gasteiger partial charge in [-0.1, -0.05) is 19.1 Å². The lowest BCUT2D eigenvalue weighted by Crippen LogP contribution is -2.33. The Hall–Kier alpha value is -1.93. The number of anilines is 1. The third-order valence-corrected chi connectivity index (χ3v) is 5.76. The first-order valence-corrected chi connectivity index (χ1v) is 10.9. The highest BCUT2D eigenvalue weighted by atomic mass is 32.2. The van der Waals surface area contributed by atoms with Crippen LogP contribution in [0.4, 0.5) is 5.69 Å². The van der Waals surface area contributed by atoms with Gasteiger partial charge in [-0.15, -0.1) is 0 Å². The van der Waals surface area contributed by atoms with Crippen LogP contribution in [0.25, 0.3) is 0 Å². The number of carbonyl (C=O) groups excluding carboxylic acids is 2. The van der Waals surface area contributed by atoms with Crippen molar-refractivity contribution in [3.63, 3.8) is 0 Å². The van der Waals surface area contributed by atoms with Gasteiger partial charge in [0.1, 0.15) is 5.60 Å². The molecule has 1 unspecified atom stereocenters. The molecule has 1 aromatic rings. The van der Waals surface area contributed by atoms with Gasteiger partial charge in [-0.05, 0) is 58.2 Å². The zero-order chi connectivity index (χ0) is 21.5. The van der Waals surface area contributed by atoms with E-state index in [0.717, 1.165) is 5.56 Å². The summed E-state index contributed by atoms with van der Waals surface area (Å²) in [5.41, 5.74) is 1.01. The first-order valence-electron chi connectivity index (χ1n) is 9.40. The number of amides is 1. The maximum atomic E-state index is 12.0. The summed E-state index contributed by atoms with van der Waals surface area (Å²) < 4.78 is 31.5. The molecule has 0 saturated carbocycles. The van der Waals surface area contributed by atoms with E-state index in [-0.39, 0.29) is 24.7 Å². The molecular formula is C20H32N2O5S. The molecule has 1 aromatic carbocycles. The summed E-state index contributed by atoms with van der Waals surface area (Å²) in [6, 6.07) is 7.21. The Kier molecular flexibility index (Phi) is 8.63. The van der Waals surface area contributed by atoms with E-state index in [1.54, 1.807) is 46.8 Å². The van der Waals surface area contributed by atoms with Gasteiger partial charge in [0.2, 0.25) is 15.9 Å². The number of sulfonamides is 1. The summed E-state index contributed by atoms with van der Waals surface area (Å²) in [6.07, 6.45) is 0.0677. The Morgan fingerprint density at radius 2 is 1.61 bits per heavy atom. The van der Waals surface area contributed by atoms with Gasteiger partial charge in [0, 0.05) is 18.7 Å². The molecule has 0 aliphatic carbocycles. The van der Waals surface area contributed by atoms with E-state index >= 15 is 0 Å². The molecule has 0 aliphatic rings. The number of hydrogen-bond donors (Lipinski definition) is 2. The fourth-order valence-corrected chi connectivity index (χ4v) is 3.07. The number of nitrogens with one attached hydrogen (secondary N) is 2. The third kappa shape index (κ3) is 8.84. The van der Waals surface area contributed by atoms with Crippen LogP contribution < -0.4 is 10.0 Å². The van der Waals surface area contributed by atoms with Crippen molar-refractivity contribution in [2.45, 2.75) is 71.2 Å². The van der Waals surface area contributed by atoms with Crippen LogP contribution in [0.5, 0.6) is 0 Å². The van der Waals surface area contributed by atoms with E-state index in [9.17, 15) is 18.0 Å². The topological polar surface area (TPSA) is 102 Å². The van der Waals surface area contributed by atoms with Crippen LogP contribution in [-0.4, -0.2) is 37.7 Å². The van der Waals surface area contributed by atoms with Crippen molar-refractivity contribution in [2.24, 2.45) is 0 Å². The normalized spacial score (nSPS) is 13.2. The Balaban J connectivity index is 2.51. The van der Waals surface area contributed by atoms with E-state index in [2.05, 4.69) is 10.0 Å². The molecule has 0 saturated heterocycles. The minimum Gasteiger partial charge on any atom is -0.460 e. The molecule has 8 heteroatoms. The molecule has 7 nitrogen and oxygen atoms in total. The minimum absolute atomic E-state index is 0.00885. The van der Waals surface area contributed by atoms with Crippen molar-refractivity contribution in [1.29, 1.82) is 0 Å². The minimum atomic E-state index is -3.30. The quantitative estimate of drug-likeness (QED) is 0.607. The second-order valence-corrected chi connectivity index (χ2v) is 10.4. The number of hydrogen-bond acceptors (Lipinski definition) is 5. The number of carbonyl (C=O) groups is 2. The molecule has 0 fully saturated rings. The van der Waals surface area contributed by atoms with Gasteiger partial charge in [-0.25, -0.2) is 13.1 Å². The molecule has 1 amide bonds. The molecule has 1 atom stereocenters. The second-order valence-electron chi connectivity index (χ2n) is 8.10. The molecule has 0 aromatic heterocycles. The average molecular weight is 413 g/mol. The van der Waals surface area contributed by atoms with Gasteiger partial charge in [-0.3, -0.25) is 9.59 Å². The summed E-state index contributed by atoms with van der Waals surface area (Å²) in [4.78, 5) is 23.6. The van der Waals surface area contributed by atoms with E-state index in [4.69, 9.17) is 4.74 Å². The zero-order valence-corrected chi connectivity index (χ0v) is 18.4. The fourth-order valence-electron chi connectivity index (χ4n) is 2.25. The van der Waals surface area contributed by atoms with E-state index in [0.29, 0.717) is 12.2 Å². The van der Waals surface area contributed by atoms with Gasteiger partial charge in [-0.2, -0.15) is 0 Å². The highest BCUT2D eigenvalue weighted by molar-refractivity contribution is 7.90. The SMILES string of the molecule is CC(CNS(=O)(=O)C(C)C)c1ccc(NC(=O)CCC(=O)OC(C)(C)C)cc1. The molecule has 2 N–H and O–H groups in total. The van der Waals surface area contributed by atoms with Gasteiger partial charge in [0.05, 0.1) is 11.7 Å². The highest BCUT2D eigenvalue weighted by Crippen LogP contribution is 2.18. The number of esters is 1. The fraction of sp³-hybridized carbons (Fsp3) is 0.600. The van der Waals surface area contributed by atoms with Crippen molar-refractivity contribution < 1.29 is 22.7 Å². The van der Waals surface area contributed by atoms with Crippen molar-refractivity contribution in [1.82, 2.24) is 4.72 Å². The highest BCUT2D eigenvalue weighted by Gasteiger charge is 2.18. The predicted molar refractivity (Wildman–Crippen MR) is 111 cm³/mol. The molecule has 28 heavy (non-hydrogen) atoms. The molecular weight excluding hydrogens is 380 g/mol. The van der Waals surface area contributed by atoms with Crippen molar-refractivity contribution in [2.75, 3.05) is 11.9 Å². The van der Waals surface area contributed by atoms with Crippen LogP contribution >= 0.6 is 0 Å². The third-order valence-electron chi connectivity index (χ3n) is 3.95. The number of ether oxygens (including phenoxy) is 1. The van der Waals surface area contributed by atoms with Gasteiger partial charge in [0.25, 0.3) is 0 Å². The molecule has 0 radical (unpaired) electrons. The maximum Gasteiger partial charge on any atom is 0.306 e. The molecule has 158 valence electrons. The van der Waals surface area contributed by atoms with Crippen molar-refractivity contribution in [3.8, 4) is 0 Å². The zero-order valence-electron chi connectivity index (χ0n) is 17.5. The van der Waals surface area contributed by atoms with Crippen LogP contribution in [0.3, 0.4) is 0 Å². The van der Waals surface area contributed by atoms with Gasteiger partial charge in [0.15, 0.2) is 0 Å². The Morgan fingerprint density at radius 1 is 1.04 bits per heavy atom. The first kappa shape index (κ1) is 24.1. The van der Waals surface area contributed by atoms with Gasteiger partial charge < -0.3 is 10.1 Å². The summed E-state index contributed by atoms with van der Waals surface area (Å²) in [7, 11) is -3.30. The summed E-state index contributed by atoms with van der Waals surface area (Å²) in [5.74, 6) is -0.683. The molecule has 0 heterocycles. The first-order chi connectivity index (χ1) is 12.8. The van der Waals surface area contributed by atoms with Crippen LogP contribution in [0.15, 0.2) is 24.3 Å². The van der Waals surface area contributed by atoms with Gasteiger partial charge >= 0.3 is 5.97 Å². The summed E-state index contributed by atoms with van der Waals surface area (Å²) >= 11 is 0. The number of rotatable bonds is 9. The lowest BCUT2D eigenvalue weighted by Gasteiger charge is -2.19.